The van der Waals surface area contributed by atoms with Gasteiger partial charge in [-0.1, -0.05) is 12.1 Å². The lowest BCUT2D eigenvalue weighted by Gasteiger charge is -2.03. The number of rotatable bonds is 3. The summed E-state index contributed by atoms with van der Waals surface area (Å²) < 4.78 is 5.42. The molecule has 0 aliphatic carbocycles. The largest absolute Gasteiger partial charge is 0.359 e. The summed E-state index contributed by atoms with van der Waals surface area (Å²) >= 11 is 0. The zero-order valence-electron chi connectivity index (χ0n) is 10.4. The van der Waals surface area contributed by atoms with Gasteiger partial charge in [-0.05, 0) is 25.8 Å². The fourth-order valence-electron chi connectivity index (χ4n) is 2.33. The standard InChI is InChI=1S/C13H16N4O/c1-2-9-13(16-7-6-15-9)11-8-12(18-17-11)10-4-3-5-14-10/h6-8,10,14H,2-5H2,1H3/t10-/m0/s1. The summed E-state index contributed by atoms with van der Waals surface area (Å²) in [6, 6.07) is 2.28. The predicted molar refractivity (Wildman–Crippen MR) is 66.9 cm³/mol. The molecule has 18 heavy (non-hydrogen) atoms. The molecule has 0 unspecified atom stereocenters. The van der Waals surface area contributed by atoms with Gasteiger partial charge in [-0.25, -0.2) is 0 Å². The molecular formula is C13H16N4O. The molecule has 1 fully saturated rings. The van der Waals surface area contributed by atoms with E-state index < -0.39 is 0 Å². The molecule has 1 aliphatic rings. The first-order valence-corrected chi connectivity index (χ1v) is 6.38. The lowest BCUT2D eigenvalue weighted by Crippen LogP contribution is -2.11. The Kier molecular flexibility index (Phi) is 3.06. The second-order valence-electron chi connectivity index (χ2n) is 4.47. The van der Waals surface area contributed by atoms with Crippen molar-refractivity contribution >= 4 is 0 Å². The minimum Gasteiger partial charge on any atom is -0.359 e. The van der Waals surface area contributed by atoms with E-state index in [2.05, 4.69) is 27.4 Å². The molecule has 0 aromatic carbocycles. The van der Waals surface area contributed by atoms with Gasteiger partial charge >= 0.3 is 0 Å². The molecule has 0 amide bonds. The molecule has 1 aliphatic heterocycles. The topological polar surface area (TPSA) is 63.8 Å². The molecule has 2 aromatic rings. The molecule has 3 heterocycles. The Hall–Kier alpha value is -1.75. The van der Waals surface area contributed by atoms with Crippen molar-refractivity contribution < 1.29 is 4.52 Å². The molecular weight excluding hydrogens is 228 g/mol. The van der Waals surface area contributed by atoms with Crippen molar-refractivity contribution in [1.82, 2.24) is 20.4 Å². The Morgan fingerprint density at radius 2 is 2.28 bits per heavy atom. The Morgan fingerprint density at radius 1 is 1.39 bits per heavy atom. The van der Waals surface area contributed by atoms with Crippen LogP contribution in [0.2, 0.25) is 0 Å². The third-order valence-corrected chi connectivity index (χ3v) is 3.28. The highest BCUT2D eigenvalue weighted by atomic mass is 16.5. The van der Waals surface area contributed by atoms with Gasteiger partial charge in [0.1, 0.15) is 11.4 Å². The Morgan fingerprint density at radius 3 is 3.06 bits per heavy atom. The van der Waals surface area contributed by atoms with Crippen molar-refractivity contribution in [3.05, 3.63) is 29.9 Å². The van der Waals surface area contributed by atoms with E-state index in [9.17, 15) is 0 Å². The number of aromatic nitrogens is 3. The highest BCUT2D eigenvalue weighted by Gasteiger charge is 2.22. The number of aryl methyl sites for hydroxylation is 1. The van der Waals surface area contributed by atoms with Crippen LogP contribution in [0, 0.1) is 0 Å². The van der Waals surface area contributed by atoms with Gasteiger partial charge < -0.3 is 9.84 Å². The Bertz CT molecular complexity index is 531. The maximum Gasteiger partial charge on any atom is 0.154 e. The normalized spacial score (nSPS) is 19.3. The maximum absolute atomic E-state index is 5.42. The van der Waals surface area contributed by atoms with Crippen molar-refractivity contribution in [3.63, 3.8) is 0 Å². The molecule has 94 valence electrons. The maximum atomic E-state index is 5.42. The van der Waals surface area contributed by atoms with E-state index in [1.807, 2.05) is 6.07 Å². The Labute approximate surface area is 106 Å². The van der Waals surface area contributed by atoms with Crippen LogP contribution in [0.25, 0.3) is 11.4 Å². The molecule has 1 saturated heterocycles. The molecule has 0 spiro atoms. The smallest absolute Gasteiger partial charge is 0.154 e. The summed E-state index contributed by atoms with van der Waals surface area (Å²) in [6.45, 7) is 3.11. The van der Waals surface area contributed by atoms with Crippen molar-refractivity contribution in [3.8, 4) is 11.4 Å². The van der Waals surface area contributed by atoms with Crippen molar-refractivity contribution in [2.45, 2.75) is 32.2 Å². The van der Waals surface area contributed by atoms with Gasteiger partial charge in [-0.3, -0.25) is 9.97 Å². The van der Waals surface area contributed by atoms with Gasteiger partial charge in [0.25, 0.3) is 0 Å². The third-order valence-electron chi connectivity index (χ3n) is 3.28. The van der Waals surface area contributed by atoms with Crippen LogP contribution in [-0.2, 0) is 6.42 Å². The lowest BCUT2D eigenvalue weighted by molar-refractivity contribution is 0.353. The van der Waals surface area contributed by atoms with E-state index in [4.69, 9.17) is 4.52 Å². The summed E-state index contributed by atoms with van der Waals surface area (Å²) in [5.74, 6) is 0.898. The second kappa shape index (κ2) is 4.86. The van der Waals surface area contributed by atoms with E-state index in [1.165, 1.54) is 6.42 Å². The zero-order chi connectivity index (χ0) is 12.4. The number of hydrogen-bond donors (Lipinski definition) is 1. The monoisotopic (exact) mass is 244 g/mol. The molecule has 5 nitrogen and oxygen atoms in total. The molecule has 5 heteroatoms. The third kappa shape index (κ3) is 2.01. The van der Waals surface area contributed by atoms with Crippen molar-refractivity contribution in [2.24, 2.45) is 0 Å². The number of nitrogens with one attached hydrogen (secondary N) is 1. The quantitative estimate of drug-likeness (QED) is 0.896. The van der Waals surface area contributed by atoms with E-state index in [1.54, 1.807) is 12.4 Å². The first kappa shape index (κ1) is 11.3. The second-order valence-corrected chi connectivity index (χ2v) is 4.47. The summed E-state index contributed by atoms with van der Waals surface area (Å²) in [4.78, 5) is 8.67. The minimum absolute atomic E-state index is 0.299. The summed E-state index contributed by atoms with van der Waals surface area (Å²) in [5, 5.41) is 7.52. The zero-order valence-corrected chi connectivity index (χ0v) is 10.4. The van der Waals surface area contributed by atoms with Crippen LogP contribution in [0.4, 0.5) is 0 Å². The number of hydrogen-bond acceptors (Lipinski definition) is 5. The highest BCUT2D eigenvalue weighted by molar-refractivity contribution is 5.56. The van der Waals surface area contributed by atoms with Crippen LogP contribution < -0.4 is 5.32 Å². The molecule has 0 saturated carbocycles. The average molecular weight is 244 g/mol. The van der Waals surface area contributed by atoms with Crippen LogP contribution in [-0.4, -0.2) is 21.7 Å². The van der Waals surface area contributed by atoms with Crippen molar-refractivity contribution in [1.29, 1.82) is 0 Å². The summed E-state index contributed by atoms with van der Waals surface area (Å²) in [6.07, 6.45) is 6.54. The van der Waals surface area contributed by atoms with Gasteiger partial charge in [-0.15, -0.1) is 0 Å². The van der Waals surface area contributed by atoms with Crippen LogP contribution >= 0.6 is 0 Å². The fourth-order valence-corrected chi connectivity index (χ4v) is 2.33. The lowest BCUT2D eigenvalue weighted by atomic mass is 10.1. The predicted octanol–water partition coefficient (Wildman–Crippen LogP) is 2.12. The first-order valence-electron chi connectivity index (χ1n) is 6.38. The average Bonchev–Trinajstić information content (AvgIpc) is 3.09. The van der Waals surface area contributed by atoms with Gasteiger partial charge in [0, 0.05) is 18.5 Å². The molecule has 1 N–H and O–H groups in total. The summed E-state index contributed by atoms with van der Waals surface area (Å²) in [7, 11) is 0. The van der Waals surface area contributed by atoms with Gasteiger partial charge in [-0.2, -0.15) is 0 Å². The van der Waals surface area contributed by atoms with Crippen LogP contribution in [0.5, 0.6) is 0 Å². The Balaban J connectivity index is 1.92. The van der Waals surface area contributed by atoms with Crippen LogP contribution in [0.1, 0.15) is 37.3 Å². The van der Waals surface area contributed by atoms with Gasteiger partial charge in [0.15, 0.2) is 5.76 Å². The first-order chi connectivity index (χ1) is 8.88. The molecule has 2 aromatic heterocycles. The van der Waals surface area contributed by atoms with Crippen LogP contribution in [0.15, 0.2) is 23.0 Å². The molecule has 1 atom stereocenters. The van der Waals surface area contributed by atoms with E-state index in [-0.39, 0.29) is 0 Å². The molecule has 0 bridgehead atoms. The SMILES string of the molecule is CCc1nccnc1-c1cc([C@@H]2CCCN2)on1. The van der Waals surface area contributed by atoms with Gasteiger partial charge in [0.2, 0.25) is 0 Å². The summed E-state index contributed by atoms with van der Waals surface area (Å²) in [5.41, 5.74) is 2.56. The molecule has 0 radical (unpaired) electrons. The van der Waals surface area contributed by atoms with E-state index in [0.717, 1.165) is 42.2 Å². The highest BCUT2D eigenvalue weighted by Crippen LogP contribution is 2.27. The van der Waals surface area contributed by atoms with Gasteiger partial charge in [0.05, 0.1) is 11.7 Å². The van der Waals surface area contributed by atoms with E-state index in [0.29, 0.717) is 6.04 Å². The molecule has 3 rings (SSSR count). The van der Waals surface area contributed by atoms with Crippen molar-refractivity contribution in [2.75, 3.05) is 6.54 Å². The van der Waals surface area contributed by atoms with E-state index >= 15 is 0 Å². The fraction of sp³-hybridized carbons (Fsp3) is 0.462. The van der Waals surface area contributed by atoms with Crippen LogP contribution in [0.3, 0.4) is 0 Å². The minimum atomic E-state index is 0.299. The number of nitrogens with zero attached hydrogens (tertiary/aromatic N) is 3.